The van der Waals surface area contributed by atoms with Crippen LogP contribution >= 0.6 is 0 Å². The number of fused-ring (bicyclic) bond motifs is 1. The van der Waals surface area contributed by atoms with E-state index in [2.05, 4.69) is 57.5 Å². The molecule has 27 heavy (non-hydrogen) atoms. The molecule has 0 spiro atoms. The number of aliphatic hydroxyl groups excluding tert-OH is 1. The van der Waals surface area contributed by atoms with Crippen LogP contribution in [0.2, 0.25) is 0 Å². The zero-order chi connectivity index (χ0) is 19.7. The Hall–Kier alpha value is -2.27. The lowest BCUT2D eigenvalue weighted by Gasteiger charge is -2.16. The molecule has 0 saturated heterocycles. The fraction of sp³-hybridized carbons (Fsp3) is 0.500. The molecule has 5 nitrogen and oxygen atoms in total. The zero-order valence-corrected chi connectivity index (χ0v) is 17.2. The van der Waals surface area contributed by atoms with Crippen molar-refractivity contribution in [1.29, 1.82) is 0 Å². The second-order valence-electron chi connectivity index (χ2n) is 7.53. The molecule has 0 amide bonds. The smallest absolute Gasteiger partial charge is 0.159 e. The summed E-state index contributed by atoms with van der Waals surface area (Å²) in [5.74, 6) is 0.401. The van der Waals surface area contributed by atoms with Gasteiger partial charge in [-0.2, -0.15) is 0 Å². The summed E-state index contributed by atoms with van der Waals surface area (Å²) in [5.41, 5.74) is 7.87. The average molecular weight is 367 g/mol. The monoisotopic (exact) mass is 366 g/mol. The highest BCUT2D eigenvalue weighted by atomic mass is 16.3. The van der Waals surface area contributed by atoms with E-state index in [4.69, 9.17) is 15.0 Å². The van der Waals surface area contributed by atoms with Crippen LogP contribution in [0.5, 0.6) is 0 Å². The second-order valence-corrected chi connectivity index (χ2v) is 7.53. The fourth-order valence-electron chi connectivity index (χ4n) is 3.54. The van der Waals surface area contributed by atoms with Crippen LogP contribution in [-0.4, -0.2) is 31.2 Å². The van der Waals surface area contributed by atoms with E-state index in [0.717, 1.165) is 57.9 Å². The Kier molecular flexibility index (Phi) is 5.61. The molecule has 0 unspecified atom stereocenters. The minimum Gasteiger partial charge on any atom is -0.394 e. The van der Waals surface area contributed by atoms with E-state index in [1.165, 1.54) is 0 Å². The molecule has 3 rings (SSSR count). The predicted molar refractivity (Wildman–Crippen MR) is 110 cm³/mol. The summed E-state index contributed by atoms with van der Waals surface area (Å²) in [7, 11) is 0. The maximum Gasteiger partial charge on any atom is 0.159 e. The summed E-state index contributed by atoms with van der Waals surface area (Å²) in [4.78, 5) is 14.8. The third-order valence-electron chi connectivity index (χ3n) is 5.26. The van der Waals surface area contributed by atoms with Gasteiger partial charge >= 0.3 is 0 Å². The number of hydrogen-bond donors (Lipinski definition) is 1. The minimum absolute atomic E-state index is 0.0276. The van der Waals surface area contributed by atoms with Crippen LogP contribution in [0.15, 0.2) is 18.3 Å². The second kappa shape index (κ2) is 7.77. The number of pyridine rings is 1. The van der Waals surface area contributed by atoms with Crippen LogP contribution in [0.25, 0.3) is 22.4 Å². The number of rotatable bonds is 6. The van der Waals surface area contributed by atoms with Crippen molar-refractivity contribution in [1.82, 2.24) is 19.5 Å². The molecule has 0 radical (unpaired) electrons. The highest BCUT2D eigenvalue weighted by Crippen LogP contribution is 2.30. The Morgan fingerprint density at radius 2 is 1.81 bits per heavy atom. The zero-order valence-electron chi connectivity index (χ0n) is 17.2. The van der Waals surface area contributed by atoms with Gasteiger partial charge in [-0.15, -0.1) is 0 Å². The summed E-state index contributed by atoms with van der Waals surface area (Å²) >= 11 is 0. The van der Waals surface area contributed by atoms with Gasteiger partial charge in [0, 0.05) is 23.1 Å². The summed E-state index contributed by atoms with van der Waals surface area (Å²) in [6.45, 7) is 12.7. The van der Waals surface area contributed by atoms with Gasteiger partial charge in [-0.1, -0.05) is 27.7 Å². The van der Waals surface area contributed by atoms with Crippen molar-refractivity contribution in [3.63, 3.8) is 0 Å². The number of hydrogen-bond acceptors (Lipinski definition) is 4. The molecule has 0 aliphatic heterocycles. The first-order chi connectivity index (χ1) is 12.9. The Morgan fingerprint density at radius 1 is 1.07 bits per heavy atom. The van der Waals surface area contributed by atoms with E-state index in [1.54, 1.807) is 0 Å². The van der Waals surface area contributed by atoms with E-state index in [9.17, 15) is 5.11 Å². The van der Waals surface area contributed by atoms with Crippen molar-refractivity contribution in [2.75, 3.05) is 6.61 Å². The maximum absolute atomic E-state index is 9.74. The SMILES string of the molecule is CCc1nc2c(nc1-c1ccc(C(C)C)nc1C)c(C)cn2[C@H](CC)CO. The van der Waals surface area contributed by atoms with Gasteiger partial charge in [0.2, 0.25) is 0 Å². The molecule has 0 aliphatic rings. The number of nitrogens with zero attached hydrogens (tertiary/aromatic N) is 4. The first-order valence-corrected chi connectivity index (χ1v) is 9.87. The Bertz CT molecular complexity index is 955. The van der Waals surface area contributed by atoms with Gasteiger partial charge in [0.15, 0.2) is 5.65 Å². The molecule has 3 heterocycles. The lowest BCUT2D eigenvalue weighted by atomic mass is 10.0. The molecular formula is C22H30N4O. The predicted octanol–water partition coefficient (Wildman–Crippen LogP) is 4.74. The Labute approximate surface area is 161 Å². The van der Waals surface area contributed by atoms with Crippen LogP contribution < -0.4 is 0 Å². The van der Waals surface area contributed by atoms with Crippen LogP contribution in [0.3, 0.4) is 0 Å². The van der Waals surface area contributed by atoms with Gasteiger partial charge in [0.1, 0.15) is 5.52 Å². The first-order valence-electron chi connectivity index (χ1n) is 9.87. The molecule has 0 saturated carbocycles. The van der Waals surface area contributed by atoms with Crippen LogP contribution in [0.4, 0.5) is 0 Å². The lowest BCUT2D eigenvalue weighted by molar-refractivity contribution is 0.227. The molecule has 0 aliphatic carbocycles. The van der Waals surface area contributed by atoms with E-state index in [1.807, 2.05) is 6.92 Å². The van der Waals surface area contributed by atoms with Crippen LogP contribution in [-0.2, 0) is 6.42 Å². The maximum atomic E-state index is 9.74. The highest BCUT2D eigenvalue weighted by molar-refractivity contribution is 5.80. The number of aliphatic hydroxyl groups is 1. The normalized spacial score (nSPS) is 12.9. The molecule has 3 aromatic heterocycles. The van der Waals surface area contributed by atoms with Gasteiger partial charge < -0.3 is 9.67 Å². The van der Waals surface area contributed by atoms with Crippen molar-refractivity contribution in [3.05, 3.63) is 41.0 Å². The Balaban J connectivity index is 2.22. The summed E-state index contributed by atoms with van der Waals surface area (Å²) < 4.78 is 2.08. The molecule has 1 N–H and O–H groups in total. The van der Waals surface area contributed by atoms with Gasteiger partial charge in [-0.3, -0.25) is 4.98 Å². The van der Waals surface area contributed by atoms with Crippen molar-refractivity contribution in [3.8, 4) is 11.3 Å². The lowest BCUT2D eigenvalue weighted by Crippen LogP contribution is -2.12. The van der Waals surface area contributed by atoms with E-state index in [-0.39, 0.29) is 12.6 Å². The number of aryl methyl sites for hydroxylation is 3. The highest BCUT2D eigenvalue weighted by Gasteiger charge is 2.19. The van der Waals surface area contributed by atoms with Gasteiger partial charge in [-0.25, -0.2) is 9.97 Å². The third-order valence-corrected chi connectivity index (χ3v) is 5.26. The minimum atomic E-state index is 0.0276. The van der Waals surface area contributed by atoms with Crippen molar-refractivity contribution in [2.45, 2.75) is 66.3 Å². The first kappa shape index (κ1) is 19.5. The van der Waals surface area contributed by atoms with Crippen molar-refractivity contribution < 1.29 is 5.11 Å². The third kappa shape index (κ3) is 3.48. The molecule has 0 fully saturated rings. The Morgan fingerprint density at radius 3 is 2.37 bits per heavy atom. The molecule has 1 atom stereocenters. The van der Waals surface area contributed by atoms with Crippen molar-refractivity contribution in [2.24, 2.45) is 0 Å². The standard InChI is InChI=1S/C22H30N4O/c1-7-16(12-27)26-11-14(5)20-22(26)24-18(8-2)21(25-20)17-9-10-19(13(3)4)23-15(17)6/h9-11,13,16,27H,7-8,12H2,1-6H3/t16-/m1/s1. The quantitative estimate of drug-likeness (QED) is 0.684. The van der Waals surface area contributed by atoms with Crippen LogP contribution in [0, 0.1) is 13.8 Å². The fourth-order valence-corrected chi connectivity index (χ4v) is 3.54. The topological polar surface area (TPSA) is 63.8 Å². The van der Waals surface area contributed by atoms with E-state index in [0.29, 0.717) is 5.92 Å². The molecule has 0 bridgehead atoms. The van der Waals surface area contributed by atoms with E-state index >= 15 is 0 Å². The summed E-state index contributed by atoms with van der Waals surface area (Å²) in [6, 6.07) is 4.25. The van der Waals surface area contributed by atoms with Gasteiger partial charge in [0.05, 0.1) is 24.0 Å². The molecule has 144 valence electrons. The van der Waals surface area contributed by atoms with Crippen molar-refractivity contribution >= 4 is 11.2 Å². The molecule has 3 aromatic rings. The molecule has 0 aromatic carbocycles. The largest absolute Gasteiger partial charge is 0.394 e. The van der Waals surface area contributed by atoms with Gasteiger partial charge in [-0.05, 0) is 50.3 Å². The number of aromatic nitrogens is 4. The molecular weight excluding hydrogens is 336 g/mol. The summed E-state index contributed by atoms with van der Waals surface area (Å²) in [6.07, 6.45) is 3.71. The average Bonchev–Trinajstić information content (AvgIpc) is 2.97. The molecule has 5 heteroatoms. The van der Waals surface area contributed by atoms with E-state index < -0.39 is 0 Å². The summed E-state index contributed by atoms with van der Waals surface area (Å²) in [5, 5.41) is 9.74. The van der Waals surface area contributed by atoms with Gasteiger partial charge in [0.25, 0.3) is 0 Å². The van der Waals surface area contributed by atoms with Crippen LogP contribution in [0.1, 0.15) is 68.7 Å².